The second kappa shape index (κ2) is 2.54. The largest absolute Gasteiger partial charge is 0.314 e. The summed E-state index contributed by atoms with van der Waals surface area (Å²) < 4.78 is 11.7. The van der Waals surface area contributed by atoms with Crippen molar-refractivity contribution in [2.75, 3.05) is 0 Å². The smallest absolute Gasteiger partial charge is 0.126 e. The third-order valence-corrected chi connectivity index (χ3v) is 0.644. The van der Waals surface area contributed by atoms with Gasteiger partial charge in [-0.3, -0.25) is 0 Å². The van der Waals surface area contributed by atoms with E-state index in [9.17, 15) is 4.39 Å². The number of nitrogens with two attached hydrogens (primary N) is 1. The third kappa shape index (κ3) is 2.12. The fraction of sp³-hybridized carbons (Fsp3) is 0.750. The molecule has 40 valence electrons. The highest BCUT2D eigenvalue weighted by molar-refractivity contribution is 4.90. The summed E-state index contributed by atoms with van der Waals surface area (Å²) >= 11 is 0. The van der Waals surface area contributed by atoms with Crippen molar-refractivity contribution >= 4 is 0 Å². The molecule has 2 atom stereocenters. The van der Waals surface area contributed by atoms with Crippen molar-refractivity contribution in [3.05, 3.63) is 0 Å². The summed E-state index contributed by atoms with van der Waals surface area (Å²) in [5.41, 5.74) is 4.88. The molecule has 0 aromatic heterocycles. The van der Waals surface area contributed by atoms with Crippen LogP contribution in [0.2, 0.25) is 0 Å². The molecule has 3 heteroatoms. The number of alkyl halides is 1. The van der Waals surface area contributed by atoms with Crippen molar-refractivity contribution in [3.63, 3.8) is 0 Å². The monoisotopic (exact) mass is 102 g/mol. The molecule has 0 rings (SSSR count). The van der Waals surface area contributed by atoms with Crippen LogP contribution in [0.5, 0.6) is 0 Å². The lowest BCUT2D eigenvalue weighted by Gasteiger charge is -1.98. The highest BCUT2D eigenvalue weighted by Crippen LogP contribution is 1.90. The molecule has 0 aliphatic heterocycles. The molecule has 0 aliphatic rings. The molecule has 0 spiro atoms. The highest BCUT2D eigenvalue weighted by Gasteiger charge is 2.07. The number of nitriles is 1. The average Bonchev–Trinajstić information content (AvgIpc) is 1.65. The van der Waals surface area contributed by atoms with Gasteiger partial charge in [0, 0.05) is 0 Å². The lowest BCUT2D eigenvalue weighted by molar-refractivity contribution is 0.338. The van der Waals surface area contributed by atoms with E-state index in [1.54, 1.807) is 6.07 Å². The lowest BCUT2D eigenvalue weighted by atomic mass is 10.2. The number of halogens is 1. The van der Waals surface area contributed by atoms with Gasteiger partial charge in [-0.1, -0.05) is 0 Å². The van der Waals surface area contributed by atoms with E-state index in [0.717, 1.165) is 0 Å². The molecule has 2 unspecified atom stereocenters. The van der Waals surface area contributed by atoms with Gasteiger partial charge in [-0.15, -0.1) is 0 Å². The Hall–Kier alpha value is -0.620. The number of hydrogen-bond donors (Lipinski definition) is 1. The van der Waals surface area contributed by atoms with Gasteiger partial charge in [-0.25, -0.2) is 4.39 Å². The predicted molar refractivity (Wildman–Crippen MR) is 24.2 cm³/mol. The summed E-state index contributed by atoms with van der Waals surface area (Å²) in [5.74, 6) is 0. The van der Waals surface area contributed by atoms with Crippen molar-refractivity contribution < 1.29 is 4.39 Å². The van der Waals surface area contributed by atoms with Crippen LogP contribution in [-0.2, 0) is 0 Å². The molecular weight excluding hydrogens is 95.1 g/mol. The molecule has 0 amide bonds. The first-order valence-electron chi connectivity index (χ1n) is 1.97. The summed E-state index contributed by atoms with van der Waals surface area (Å²) in [7, 11) is 0. The molecular formula is C4H7FN2. The Morgan fingerprint density at radius 2 is 2.29 bits per heavy atom. The van der Waals surface area contributed by atoms with Crippen molar-refractivity contribution in [2.45, 2.75) is 19.1 Å². The minimum absolute atomic E-state index is 0.958. The summed E-state index contributed by atoms with van der Waals surface area (Å²) in [4.78, 5) is 0. The molecule has 0 saturated carbocycles. The van der Waals surface area contributed by atoms with Gasteiger partial charge in [0.15, 0.2) is 0 Å². The van der Waals surface area contributed by atoms with Gasteiger partial charge < -0.3 is 5.73 Å². The minimum atomic E-state index is -1.22. The summed E-state index contributed by atoms with van der Waals surface area (Å²) in [5, 5.41) is 7.89. The maximum atomic E-state index is 11.7. The zero-order chi connectivity index (χ0) is 5.86. The predicted octanol–water partition coefficient (Wildman–Crippen LogP) is 0.195. The molecule has 0 aromatic rings. The summed E-state index contributed by atoms with van der Waals surface area (Å²) in [6, 6.07) is 0.609. The molecule has 0 aromatic carbocycles. The molecule has 0 bridgehead atoms. The fourth-order valence-corrected chi connectivity index (χ4v) is 0.103. The van der Waals surface area contributed by atoms with E-state index in [0.29, 0.717) is 0 Å². The zero-order valence-electron chi connectivity index (χ0n) is 4.06. The van der Waals surface area contributed by atoms with Gasteiger partial charge in [0.1, 0.15) is 12.2 Å². The molecule has 0 radical (unpaired) electrons. The highest BCUT2D eigenvalue weighted by atomic mass is 19.1. The molecule has 0 saturated heterocycles. The first kappa shape index (κ1) is 6.38. The minimum Gasteiger partial charge on any atom is -0.314 e. The summed E-state index contributed by atoms with van der Waals surface area (Å²) in [6.07, 6.45) is -1.22. The van der Waals surface area contributed by atoms with E-state index in [2.05, 4.69) is 0 Å². The van der Waals surface area contributed by atoms with Gasteiger partial charge in [0.05, 0.1) is 6.07 Å². The lowest BCUT2D eigenvalue weighted by Crippen LogP contribution is -2.26. The molecule has 0 fully saturated rings. The van der Waals surface area contributed by atoms with Crippen LogP contribution in [0.25, 0.3) is 0 Å². The van der Waals surface area contributed by atoms with Crippen molar-refractivity contribution in [1.82, 2.24) is 0 Å². The Morgan fingerprint density at radius 3 is 2.29 bits per heavy atom. The maximum Gasteiger partial charge on any atom is 0.126 e. The third-order valence-electron chi connectivity index (χ3n) is 0.644. The van der Waals surface area contributed by atoms with Gasteiger partial charge in [-0.2, -0.15) is 5.26 Å². The molecule has 2 nitrogen and oxygen atoms in total. The molecule has 2 N–H and O–H groups in total. The maximum absolute atomic E-state index is 11.7. The Balaban J connectivity index is 3.40. The standard InChI is InChI=1S/C4H7FN2/c1-3(5)4(7)2-6/h3-4H,7H2,1H3. The molecule has 0 aliphatic carbocycles. The Kier molecular flexibility index (Phi) is 2.31. The van der Waals surface area contributed by atoms with Crippen LogP contribution >= 0.6 is 0 Å². The Labute approximate surface area is 41.7 Å². The second-order valence-electron chi connectivity index (χ2n) is 1.33. The van der Waals surface area contributed by atoms with Crippen molar-refractivity contribution in [2.24, 2.45) is 5.73 Å². The van der Waals surface area contributed by atoms with Crippen LogP contribution in [0.3, 0.4) is 0 Å². The van der Waals surface area contributed by atoms with Crippen molar-refractivity contribution in [3.8, 4) is 6.07 Å². The normalized spacial score (nSPS) is 17.4. The zero-order valence-corrected chi connectivity index (χ0v) is 4.06. The van der Waals surface area contributed by atoms with E-state index >= 15 is 0 Å². The van der Waals surface area contributed by atoms with E-state index in [4.69, 9.17) is 11.0 Å². The van der Waals surface area contributed by atoms with Gasteiger partial charge in [-0.05, 0) is 6.92 Å². The van der Waals surface area contributed by atoms with Gasteiger partial charge in [0.2, 0.25) is 0 Å². The number of hydrogen-bond acceptors (Lipinski definition) is 2. The molecule has 7 heavy (non-hydrogen) atoms. The van der Waals surface area contributed by atoms with Crippen LogP contribution in [-0.4, -0.2) is 12.2 Å². The quantitative estimate of drug-likeness (QED) is 0.514. The van der Waals surface area contributed by atoms with E-state index in [-0.39, 0.29) is 0 Å². The van der Waals surface area contributed by atoms with E-state index < -0.39 is 12.2 Å². The van der Waals surface area contributed by atoms with Crippen LogP contribution in [0.4, 0.5) is 4.39 Å². The Bertz CT molecular complexity index is 84.2. The van der Waals surface area contributed by atoms with Crippen LogP contribution in [0, 0.1) is 11.3 Å². The van der Waals surface area contributed by atoms with Crippen LogP contribution < -0.4 is 5.73 Å². The van der Waals surface area contributed by atoms with E-state index in [1.165, 1.54) is 6.92 Å². The van der Waals surface area contributed by atoms with Crippen LogP contribution in [0.15, 0.2) is 0 Å². The Morgan fingerprint density at radius 1 is 1.86 bits per heavy atom. The number of nitrogens with zero attached hydrogens (tertiary/aromatic N) is 1. The van der Waals surface area contributed by atoms with Crippen molar-refractivity contribution in [1.29, 1.82) is 5.26 Å². The summed E-state index contributed by atoms with van der Waals surface area (Å²) in [6.45, 7) is 1.26. The SMILES string of the molecule is CC(F)C(N)C#N. The van der Waals surface area contributed by atoms with Crippen LogP contribution in [0.1, 0.15) is 6.92 Å². The first-order valence-corrected chi connectivity index (χ1v) is 1.97. The average molecular weight is 102 g/mol. The fourth-order valence-electron chi connectivity index (χ4n) is 0.103. The van der Waals surface area contributed by atoms with Gasteiger partial charge >= 0.3 is 0 Å². The molecule has 0 heterocycles. The second-order valence-corrected chi connectivity index (χ2v) is 1.33. The number of rotatable bonds is 1. The topological polar surface area (TPSA) is 49.8 Å². The van der Waals surface area contributed by atoms with E-state index in [1.807, 2.05) is 0 Å². The first-order chi connectivity index (χ1) is 3.18. The van der Waals surface area contributed by atoms with Gasteiger partial charge in [0.25, 0.3) is 0 Å².